The summed E-state index contributed by atoms with van der Waals surface area (Å²) in [5, 5.41) is 20.0. The Morgan fingerprint density at radius 3 is 2.63 bits per heavy atom. The van der Waals surface area contributed by atoms with E-state index in [9.17, 15) is 9.59 Å². The van der Waals surface area contributed by atoms with Gasteiger partial charge in [-0.1, -0.05) is 18.2 Å². The Morgan fingerprint density at radius 2 is 2.05 bits per heavy atom. The largest absolute Gasteiger partial charge is 0.480 e. The second-order valence-corrected chi connectivity index (χ2v) is 5.04. The number of benzene rings is 1. The third kappa shape index (κ3) is 5.32. The third-order valence-corrected chi connectivity index (χ3v) is 3.68. The molecule has 0 bridgehead atoms. The summed E-state index contributed by atoms with van der Waals surface area (Å²) >= 11 is 1.36. The summed E-state index contributed by atoms with van der Waals surface area (Å²) in [5.74, 6) is -1.34. The number of thioether (sulfide) groups is 1. The predicted molar refractivity (Wildman–Crippen MR) is 73.2 cm³/mol. The van der Waals surface area contributed by atoms with Gasteiger partial charge in [0.1, 0.15) is 6.04 Å². The third-order valence-electron chi connectivity index (χ3n) is 2.50. The Bertz CT molecular complexity index is 450. The molecule has 5 nitrogen and oxygen atoms in total. The van der Waals surface area contributed by atoms with E-state index in [4.69, 9.17) is 10.2 Å². The van der Waals surface area contributed by atoms with Gasteiger partial charge in [0.25, 0.3) is 0 Å². The van der Waals surface area contributed by atoms with Crippen LogP contribution in [0.5, 0.6) is 0 Å². The molecule has 1 rings (SSSR count). The molecule has 1 aromatic rings. The number of carboxylic acids is 1. The molecular formula is C13H17NO4S. The van der Waals surface area contributed by atoms with E-state index in [1.807, 2.05) is 31.2 Å². The molecule has 0 aromatic heterocycles. The van der Waals surface area contributed by atoms with Crippen molar-refractivity contribution < 1.29 is 19.8 Å². The molecule has 0 aliphatic rings. The van der Waals surface area contributed by atoms with Gasteiger partial charge in [-0.2, -0.15) is 0 Å². The quantitative estimate of drug-likeness (QED) is 0.651. The number of aliphatic carboxylic acids is 1. The summed E-state index contributed by atoms with van der Waals surface area (Å²) in [6.07, 6.45) is 0.0100. The molecular weight excluding hydrogens is 266 g/mol. The highest BCUT2D eigenvalue weighted by molar-refractivity contribution is 8.00. The Morgan fingerprint density at radius 1 is 1.37 bits per heavy atom. The Kier molecular flexibility index (Phi) is 6.38. The van der Waals surface area contributed by atoms with Gasteiger partial charge in [-0.05, 0) is 18.6 Å². The molecule has 0 radical (unpaired) electrons. The van der Waals surface area contributed by atoms with E-state index in [1.54, 1.807) is 0 Å². The first kappa shape index (κ1) is 15.5. The average Bonchev–Trinajstić information content (AvgIpc) is 2.37. The van der Waals surface area contributed by atoms with Gasteiger partial charge in [0.05, 0.1) is 5.75 Å². The number of aliphatic hydroxyl groups excluding tert-OH is 1. The van der Waals surface area contributed by atoms with E-state index < -0.39 is 12.0 Å². The topological polar surface area (TPSA) is 86.6 Å². The van der Waals surface area contributed by atoms with Gasteiger partial charge in [-0.3, -0.25) is 4.79 Å². The zero-order valence-corrected chi connectivity index (χ0v) is 11.4. The van der Waals surface area contributed by atoms with Gasteiger partial charge in [0.15, 0.2) is 0 Å². The minimum Gasteiger partial charge on any atom is -0.480 e. The predicted octanol–water partition coefficient (Wildman–Crippen LogP) is 1.04. The molecule has 1 unspecified atom stereocenters. The number of carbonyl (C=O) groups is 2. The normalized spacial score (nSPS) is 11.9. The number of rotatable bonds is 7. The van der Waals surface area contributed by atoms with Crippen LogP contribution in [0.4, 0.5) is 0 Å². The van der Waals surface area contributed by atoms with Gasteiger partial charge in [0, 0.05) is 17.9 Å². The molecule has 0 spiro atoms. The first-order valence-electron chi connectivity index (χ1n) is 5.86. The SMILES string of the molecule is Cc1ccccc1SCC(=O)NC(CCO)C(=O)O. The first-order valence-corrected chi connectivity index (χ1v) is 6.84. The van der Waals surface area contributed by atoms with Gasteiger partial charge < -0.3 is 15.5 Å². The van der Waals surface area contributed by atoms with Crippen LogP contribution in [0.15, 0.2) is 29.2 Å². The van der Waals surface area contributed by atoms with Crippen molar-refractivity contribution in [2.24, 2.45) is 0 Å². The van der Waals surface area contributed by atoms with Crippen molar-refractivity contribution in [3.8, 4) is 0 Å². The van der Waals surface area contributed by atoms with Crippen LogP contribution in [0.1, 0.15) is 12.0 Å². The lowest BCUT2D eigenvalue weighted by atomic mass is 10.2. The summed E-state index contributed by atoms with van der Waals surface area (Å²) in [4.78, 5) is 23.5. The van der Waals surface area contributed by atoms with Crippen LogP contribution in [0.2, 0.25) is 0 Å². The van der Waals surface area contributed by atoms with Crippen molar-refractivity contribution in [1.82, 2.24) is 5.32 Å². The second kappa shape index (κ2) is 7.81. The van der Waals surface area contributed by atoms with E-state index in [0.717, 1.165) is 10.5 Å². The lowest BCUT2D eigenvalue weighted by molar-refractivity contribution is -0.141. The van der Waals surface area contributed by atoms with Crippen molar-refractivity contribution in [3.63, 3.8) is 0 Å². The number of nitrogens with one attached hydrogen (secondary N) is 1. The minimum atomic E-state index is -1.14. The van der Waals surface area contributed by atoms with Crippen LogP contribution in [-0.4, -0.2) is 40.5 Å². The summed E-state index contributed by atoms with van der Waals surface area (Å²) in [5.41, 5.74) is 1.07. The van der Waals surface area contributed by atoms with Gasteiger partial charge in [0.2, 0.25) is 5.91 Å². The summed E-state index contributed by atoms with van der Waals surface area (Å²) in [7, 11) is 0. The van der Waals surface area contributed by atoms with Crippen molar-refractivity contribution in [2.45, 2.75) is 24.3 Å². The van der Waals surface area contributed by atoms with Crippen molar-refractivity contribution in [1.29, 1.82) is 0 Å². The van der Waals surface area contributed by atoms with E-state index >= 15 is 0 Å². The zero-order chi connectivity index (χ0) is 14.3. The number of aliphatic hydroxyl groups is 1. The summed E-state index contributed by atoms with van der Waals surface area (Å²) in [6, 6.07) is 6.64. The molecule has 0 aliphatic carbocycles. The number of hydrogen-bond acceptors (Lipinski definition) is 4. The van der Waals surface area contributed by atoms with Crippen molar-refractivity contribution >= 4 is 23.6 Å². The van der Waals surface area contributed by atoms with Crippen LogP contribution < -0.4 is 5.32 Å². The Balaban J connectivity index is 2.47. The smallest absolute Gasteiger partial charge is 0.326 e. The van der Waals surface area contributed by atoms with E-state index in [0.29, 0.717) is 0 Å². The molecule has 104 valence electrons. The van der Waals surface area contributed by atoms with Crippen LogP contribution in [0.25, 0.3) is 0 Å². The van der Waals surface area contributed by atoms with Crippen LogP contribution in [0, 0.1) is 6.92 Å². The Hall–Kier alpha value is -1.53. The number of aryl methyl sites for hydroxylation is 1. The maximum Gasteiger partial charge on any atom is 0.326 e. The molecule has 0 saturated heterocycles. The zero-order valence-electron chi connectivity index (χ0n) is 10.6. The van der Waals surface area contributed by atoms with E-state index in [1.165, 1.54) is 11.8 Å². The summed E-state index contributed by atoms with van der Waals surface area (Å²) < 4.78 is 0. The average molecular weight is 283 g/mol. The standard InChI is InChI=1S/C13H17NO4S/c1-9-4-2-3-5-11(9)19-8-12(16)14-10(6-7-15)13(17)18/h2-5,10,15H,6-8H2,1H3,(H,14,16)(H,17,18). The molecule has 0 fully saturated rings. The highest BCUT2D eigenvalue weighted by atomic mass is 32.2. The number of amides is 1. The minimum absolute atomic E-state index is 0.0100. The fraction of sp³-hybridized carbons (Fsp3) is 0.385. The molecule has 6 heteroatoms. The molecule has 1 atom stereocenters. The van der Waals surface area contributed by atoms with Gasteiger partial charge >= 0.3 is 5.97 Å². The van der Waals surface area contributed by atoms with Crippen LogP contribution in [-0.2, 0) is 9.59 Å². The summed E-state index contributed by atoms with van der Waals surface area (Å²) in [6.45, 7) is 1.67. The molecule has 1 aromatic carbocycles. The van der Waals surface area contributed by atoms with E-state index in [2.05, 4.69) is 5.32 Å². The molecule has 1 amide bonds. The van der Waals surface area contributed by atoms with Crippen molar-refractivity contribution in [2.75, 3.05) is 12.4 Å². The molecule has 19 heavy (non-hydrogen) atoms. The lowest BCUT2D eigenvalue weighted by Crippen LogP contribution is -2.42. The maximum atomic E-state index is 11.6. The fourth-order valence-electron chi connectivity index (χ4n) is 1.48. The maximum absolute atomic E-state index is 11.6. The Labute approximate surface area is 116 Å². The highest BCUT2D eigenvalue weighted by Gasteiger charge is 2.19. The highest BCUT2D eigenvalue weighted by Crippen LogP contribution is 2.21. The molecule has 3 N–H and O–H groups in total. The molecule has 0 heterocycles. The first-order chi connectivity index (χ1) is 9.04. The molecule has 0 saturated carbocycles. The second-order valence-electron chi connectivity index (χ2n) is 4.02. The number of hydrogen-bond donors (Lipinski definition) is 3. The van der Waals surface area contributed by atoms with Gasteiger partial charge in [-0.15, -0.1) is 11.8 Å². The monoisotopic (exact) mass is 283 g/mol. The number of carboxylic acid groups (broad SMARTS) is 1. The van der Waals surface area contributed by atoms with E-state index in [-0.39, 0.29) is 24.7 Å². The van der Waals surface area contributed by atoms with Crippen LogP contribution >= 0.6 is 11.8 Å². The fourth-order valence-corrected chi connectivity index (χ4v) is 2.32. The number of carbonyl (C=O) groups excluding carboxylic acids is 1. The molecule has 0 aliphatic heterocycles. The lowest BCUT2D eigenvalue weighted by Gasteiger charge is -2.13. The van der Waals surface area contributed by atoms with Gasteiger partial charge in [-0.25, -0.2) is 4.79 Å². The van der Waals surface area contributed by atoms with Crippen LogP contribution in [0.3, 0.4) is 0 Å². The van der Waals surface area contributed by atoms with Crippen molar-refractivity contribution in [3.05, 3.63) is 29.8 Å².